The minimum absolute atomic E-state index is 0. The number of nitrogens with zero attached hydrogens (tertiary/aromatic N) is 1. The zero-order chi connectivity index (χ0) is 25.7. The Kier molecular flexibility index (Phi) is 35.9. The Bertz CT molecular complexity index is 370. The van der Waals surface area contributed by atoms with Crippen LogP contribution in [-0.2, 0) is 0 Å². The van der Waals surface area contributed by atoms with Crippen molar-refractivity contribution in [2.75, 3.05) is 14.1 Å². The molecule has 1 atom stereocenters. The van der Waals surface area contributed by atoms with E-state index < -0.39 is 0 Å². The number of hydrogen-bond donors (Lipinski definition) is 0. The molecule has 36 heavy (non-hydrogen) atoms. The van der Waals surface area contributed by atoms with E-state index >= 15 is 0 Å². The maximum atomic E-state index is 2.50. The second kappa shape index (κ2) is 33.5. The maximum absolute atomic E-state index is 2.50. The summed E-state index contributed by atoms with van der Waals surface area (Å²) in [6.07, 6.45) is 42.3. The van der Waals surface area contributed by atoms with E-state index in [-0.39, 0.29) is 17.0 Å². The van der Waals surface area contributed by atoms with Crippen LogP contribution in [0.3, 0.4) is 0 Å². The molecule has 0 radical (unpaired) electrons. The molecule has 0 rings (SSSR count). The van der Waals surface area contributed by atoms with Crippen LogP contribution in [0.4, 0.5) is 0 Å². The lowest BCUT2D eigenvalue weighted by Gasteiger charge is -2.24. The van der Waals surface area contributed by atoms with Crippen LogP contribution in [-0.4, -0.2) is 25.0 Å². The van der Waals surface area contributed by atoms with E-state index in [0.717, 1.165) is 6.04 Å². The molecular weight excluding hydrogens is 502 g/mol. The lowest BCUT2D eigenvalue weighted by molar-refractivity contribution is 0.251. The monoisotopic (exact) mass is 573 g/mol. The summed E-state index contributed by atoms with van der Waals surface area (Å²) in [5.41, 5.74) is 0. The molecule has 0 heterocycles. The average molecular weight is 575 g/mol. The molecule has 0 saturated carbocycles. The molecule has 0 N–H and O–H groups in total. The summed E-state index contributed by atoms with van der Waals surface area (Å²) in [6, 6.07) is 0.820. The number of hydrogen-bond acceptors (Lipinski definition) is 1. The molecule has 1 unspecified atom stereocenters. The SMILES string of the molecule is Br.CCCCCCCCCCCCCCCCCC(CCCCCCCCCCCCCC)N(C)C. The molecule has 0 aliphatic heterocycles. The van der Waals surface area contributed by atoms with Crippen LogP contribution in [0.25, 0.3) is 0 Å². The van der Waals surface area contributed by atoms with Crippen molar-refractivity contribution in [3.8, 4) is 0 Å². The number of halogens is 1. The van der Waals surface area contributed by atoms with Gasteiger partial charge in [0.25, 0.3) is 0 Å². The Labute approximate surface area is 241 Å². The van der Waals surface area contributed by atoms with Gasteiger partial charge in [0.1, 0.15) is 0 Å². The third-order valence-electron chi connectivity index (χ3n) is 8.26. The van der Waals surface area contributed by atoms with E-state index in [4.69, 9.17) is 0 Å². The van der Waals surface area contributed by atoms with Crippen LogP contribution in [0.2, 0.25) is 0 Å². The van der Waals surface area contributed by atoms with Crippen LogP contribution in [0.1, 0.15) is 200 Å². The van der Waals surface area contributed by atoms with Crippen molar-refractivity contribution in [3.05, 3.63) is 0 Å². The fourth-order valence-corrected chi connectivity index (χ4v) is 5.63. The van der Waals surface area contributed by atoms with Gasteiger partial charge in [-0.2, -0.15) is 0 Å². The summed E-state index contributed by atoms with van der Waals surface area (Å²) >= 11 is 0. The molecule has 0 bridgehead atoms. The van der Waals surface area contributed by atoms with Crippen LogP contribution in [0.5, 0.6) is 0 Å². The molecule has 0 amide bonds. The fourth-order valence-electron chi connectivity index (χ4n) is 5.63. The first-order valence-electron chi connectivity index (χ1n) is 16.9. The molecule has 0 aliphatic rings. The summed E-state index contributed by atoms with van der Waals surface area (Å²) in [7, 11) is 4.60. The van der Waals surface area contributed by atoms with Gasteiger partial charge in [0, 0.05) is 6.04 Å². The minimum atomic E-state index is 0. The molecule has 2 heteroatoms. The van der Waals surface area contributed by atoms with Gasteiger partial charge in [0.05, 0.1) is 0 Å². The van der Waals surface area contributed by atoms with E-state index in [1.807, 2.05) is 0 Å². The first kappa shape index (κ1) is 38.6. The number of unbranched alkanes of at least 4 members (excludes halogenated alkanes) is 25. The van der Waals surface area contributed by atoms with Gasteiger partial charge < -0.3 is 4.90 Å². The van der Waals surface area contributed by atoms with Crippen LogP contribution < -0.4 is 0 Å². The maximum Gasteiger partial charge on any atom is 0.00891 e. The van der Waals surface area contributed by atoms with E-state index in [1.165, 1.54) is 186 Å². The average Bonchev–Trinajstić information content (AvgIpc) is 2.85. The molecule has 0 aliphatic carbocycles. The largest absolute Gasteiger partial charge is 0.306 e. The van der Waals surface area contributed by atoms with E-state index in [0.29, 0.717) is 0 Å². The Hall–Kier alpha value is 0.440. The zero-order valence-electron chi connectivity index (χ0n) is 25.9. The highest BCUT2D eigenvalue weighted by atomic mass is 79.9. The third kappa shape index (κ3) is 30.7. The van der Waals surface area contributed by atoms with Gasteiger partial charge in [0.2, 0.25) is 0 Å². The Balaban J connectivity index is 0. The summed E-state index contributed by atoms with van der Waals surface area (Å²) in [6.45, 7) is 4.61. The first-order valence-corrected chi connectivity index (χ1v) is 16.9. The molecule has 0 aromatic heterocycles. The van der Waals surface area contributed by atoms with Crippen molar-refractivity contribution in [2.45, 2.75) is 206 Å². The van der Waals surface area contributed by atoms with Gasteiger partial charge in [-0.3, -0.25) is 0 Å². The predicted octanol–water partition coefficient (Wildman–Crippen LogP) is 12.8. The zero-order valence-corrected chi connectivity index (χ0v) is 27.7. The van der Waals surface area contributed by atoms with Crippen molar-refractivity contribution in [1.29, 1.82) is 0 Å². The van der Waals surface area contributed by atoms with Gasteiger partial charge in [-0.15, -0.1) is 17.0 Å². The Morgan fingerprint density at radius 1 is 0.333 bits per heavy atom. The van der Waals surface area contributed by atoms with Crippen molar-refractivity contribution < 1.29 is 0 Å². The van der Waals surface area contributed by atoms with Gasteiger partial charge in [-0.25, -0.2) is 0 Å². The minimum Gasteiger partial charge on any atom is -0.306 e. The van der Waals surface area contributed by atoms with Crippen LogP contribution in [0.15, 0.2) is 0 Å². The van der Waals surface area contributed by atoms with Crippen molar-refractivity contribution in [3.63, 3.8) is 0 Å². The molecule has 0 aromatic rings. The molecule has 220 valence electrons. The topological polar surface area (TPSA) is 3.24 Å². The molecular formula is C34H72BrN. The highest BCUT2D eigenvalue weighted by molar-refractivity contribution is 8.93. The van der Waals surface area contributed by atoms with Crippen molar-refractivity contribution in [2.24, 2.45) is 0 Å². The Morgan fingerprint density at radius 3 is 0.722 bits per heavy atom. The quantitative estimate of drug-likeness (QED) is 0.0771. The first-order chi connectivity index (χ1) is 17.2. The number of rotatable bonds is 30. The van der Waals surface area contributed by atoms with Gasteiger partial charge in [0.15, 0.2) is 0 Å². The standard InChI is InChI=1S/C34H71N.BrH/c1-5-7-9-11-13-15-17-19-20-21-23-25-27-29-31-33-34(35(3)4)32-30-28-26-24-22-18-16-14-12-10-8-6-2;/h34H,5-33H2,1-4H3;1H. The van der Waals surface area contributed by atoms with Gasteiger partial charge in [-0.05, 0) is 26.9 Å². The molecule has 0 fully saturated rings. The van der Waals surface area contributed by atoms with E-state index in [2.05, 4.69) is 32.8 Å². The smallest absolute Gasteiger partial charge is 0.00891 e. The van der Waals surface area contributed by atoms with Gasteiger partial charge in [-0.1, -0.05) is 187 Å². The van der Waals surface area contributed by atoms with E-state index in [1.54, 1.807) is 0 Å². The molecule has 0 saturated heterocycles. The lowest BCUT2D eigenvalue weighted by Crippen LogP contribution is -2.27. The molecule has 0 spiro atoms. The fraction of sp³-hybridized carbons (Fsp3) is 1.00. The second-order valence-electron chi connectivity index (χ2n) is 12.0. The molecule has 0 aromatic carbocycles. The lowest BCUT2D eigenvalue weighted by atomic mass is 9.99. The van der Waals surface area contributed by atoms with E-state index in [9.17, 15) is 0 Å². The van der Waals surface area contributed by atoms with Crippen molar-refractivity contribution >= 4 is 17.0 Å². The summed E-state index contributed by atoms with van der Waals surface area (Å²) in [5.74, 6) is 0. The summed E-state index contributed by atoms with van der Waals surface area (Å²) < 4.78 is 0. The van der Waals surface area contributed by atoms with Crippen LogP contribution in [0, 0.1) is 0 Å². The highest BCUT2D eigenvalue weighted by Gasteiger charge is 2.10. The highest BCUT2D eigenvalue weighted by Crippen LogP contribution is 2.18. The second-order valence-corrected chi connectivity index (χ2v) is 12.0. The van der Waals surface area contributed by atoms with Gasteiger partial charge >= 0.3 is 0 Å². The molecule has 1 nitrogen and oxygen atoms in total. The summed E-state index contributed by atoms with van der Waals surface area (Å²) in [4.78, 5) is 2.50. The normalized spacial score (nSPS) is 12.2. The van der Waals surface area contributed by atoms with Crippen molar-refractivity contribution in [1.82, 2.24) is 4.90 Å². The third-order valence-corrected chi connectivity index (χ3v) is 8.26. The predicted molar refractivity (Wildman–Crippen MR) is 173 cm³/mol. The van der Waals surface area contributed by atoms with Crippen LogP contribution >= 0.6 is 17.0 Å². The summed E-state index contributed by atoms with van der Waals surface area (Å²) in [5, 5.41) is 0. The Morgan fingerprint density at radius 2 is 0.528 bits per heavy atom.